The number of anilines is 3. The highest BCUT2D eigenvalue weighted by Crippen LogP contribution is 2.64. The first-order chi connectivity index (χ1) is 21.6. The van der Waals surface area contributed by atoms with Gasteiger partial charge in [-0.15, -0.1) is 11.3 Å². The number of benzene rings is 6. The Labute approximate surface area is 261 Å². The molecule has 1 nitrogen and oxygen atoms in total. The van der Waals surface area contributed by atoms with E-state index in [1.54, 1.807) is 0 Å². The molecule has 0 amide bonds. The lowest BCUT2D eigenvalue weighted by molar-refractivity contribution is 0.647. The summed E-state index contributed by atoms with van der Waals surface area (Å²) in [6.45, 7) is 4.77. The van der Waals surface area contributed by atoms with Gasteiger partial charge in [-0.2, -0.15) is 0 Å². The van der Waals surface area contributed by atoms with Gasteiger partial charge in [-0.1, -0.05) is 129 Å². The number of hydrogen-bond acceptors (Lipinski definition) is 2. The van der Waals surface area contributed by atoms with Crippen molar-refractivity contribution in [2.75, 3.05) is 4.90 Å². The largest absolute Gasteiger partial charge is 0.308 e. The van der Waals surface area contributed by atoms with Crippen LogP contribution in [0.15, 0.2) is 140 Å². The molecule has 0 unspecified atom stereocenters. The number of nitrogens with zero attached hydrogens (tertiary/aromatic N) is 1. The van der Waals surface area contributed by atoms with Crippen LogP contribution in [0.1, 0.15) is 46.5 Å². The summed E-state index contributed by atoms with van der Waals surface area (Å²) in [5.41, 5.74) is 15.6. The van der Waals surface area contributed by atoms with Crippen molar-refractivity contribution in [3.63, 3.8) is 0 Å². The predicted octanol–water partition coefficient (Wildman–Crippen LogP) is 11.4. The van der Waals surface area contributed by atoms with E-state index in [-0.39, 0.29) is 10.8 Å². The molecule has 44 heavy (non-hydrogen) atoms. The van der Waals surface area contributed by atoms with Crippen molar-refractivity contribution < 1.29 is 0 Å². The Morgan fingerprint density at radius 1 is 0.500 bits per heavy atom. The quantitative estimate of drug-likeness (QED) is 0.187. The van der Waals surface area contributed by atoms with Crippen LogP contribution in [0.25, 0.3) is 32.3 Å². The van der Waals surface area contributed by atoms with Gasteiger partial charge in [0.25, 0.3) is 0 Å². The van der Waals surface area contributed by atoms with Gasteiger partial charge < -0.3 is 4.90 Å². The van der Waals surface area contributed by atoms with E-state index >= 15 is 0 Å². The van der Waals surface area contributed by atoms with Crippen molar-refractivity contribution in [3.8, 4) is 22.3 Å². The molecule has 2 aliphatic carbocycles. The molecular weight excluding hydrogens is 551 g/mol. The van der Waals surface area contributed by atoms with E-state index in [2.05, 4.69) is 158 Å². The van der Waals surface area contributed by atoms with Crippen LogP contribution in [0.3, 0.4) is 0 Å². The molecule has 2 heterocycles. The zero-order valence-corrected chi connectivity index (χ0v) is 25.5. The second-order valence-corrected chi connectivity index (χ2v) is 13.9. The molecule has 7 aromatic rings. The summed E-state index contributed by atoms with van der Waals surface area (Å²) in [6.07, 6.45) is 0. The molecule has 1 aliphatic heterocycles. The van der Waals surface area contributed by atoms with Gasteiger partial charge in [-0.3, -0.25) is 0 Å². The minimum absolute atomic E-state index is 0.0936. The van der Waals surface area contributed by atoms with E-state index in [1.165, 1.54) is 82.1 Å². The third-order valence-corrected chi connectivity index (χ3v) is 11.9. The van der Waals surface area contributed by atoms with Crippen molar-refractivity contribution >= 4 is 38.5 Å². The molecule has 1 spiro atoms. The average Bonchev–Trinajstić information content (AvgIpc) is 3.70. The standard InChI is InChI=1S/C42H29NS/c1-41(2)35-20-10-11-21-37(35)43(39-31-16-6-12-22-38(31)44-40(39)41)26-23-24-30-29-15-5-9-19-34(29)42(36(30)25-26)32-17-7-3-13-27(32)28-14-4-8-18-33(28)42/h3-25H,1-2H3. The van der Waals surface area contributed by atoms with Crippen LogP contribution in [0.4, 0.5) is 17.1 Å². The van der Waals surface area contributed by atoms with E-state index in [4.69, 9.17) is 0 Å². The van der Waals surface area contributed by atoms with Crippen LogP contribution in [-0.4, -0.2) is 0 Å². The molecule has 0 saturated carbocycles. The highest BCUT2D eigenvalue weighted by atomic mass is 32.1. The monoisotopic (exact) mass is 579 g/mol. The van der Waals surface area contributed by atoms with Crippen LogP contribution in [-0.2, 0) is 10.8 Å². The Bertz CT molecular complexity index is 2270. The molecule has 0 saturated heterocycles. The van der Waals surface area contributed by atoms with Crippen molar-refractivity contribution in [1.82, 2.24) is 0 Å². The minimum Gasteiger partial charge on any atom is -0.308 e. The predicted molar refractivity (Wildman–Crippen MR) is 185 cm³/mol. The first-order valence-corrected chi connectivity index (χ1v) is 16.3. The molecule has 0 bridgehead atoms. The second-order valence-electron chi connectivity index (χ2n) is 12.9. The number of thiophene rings is 1. The summed E-state index contributed by atoms with van der Waals surface area (Å²) in [5, 5.41) is 1.32. The molecule has 0 atom stereocenters. The zero-order valence-electron chi connectivity index (χ0n) is 24.6. The van der Waals surface area contributed by atoms with Crippen LogP contribution < -0.4 is 4.90 Å². The van der Waals surface area contributed by atoms with Crippen LogP contribution in [0, 0.1) is 0 Å². The maximum Gasteiger partial charge on any atom is 0.0726 e. The highest BCUT2D eigenvalue weighted by Gasteiger charge is 2.52. The highest BCUT2D eigenvalue weighted by molar-refractivity contribution is 7.20. The fourth-order valence-corrected chi connectivity index (χ4v) is 9.91. The lowest BCUT2D eigenvalue weighted by atomic mass is 9.70. The van der Waals surface area contributed by atoms with E-state index in [9.17, 15) is 0 Å². The number of rotatable bonds is 1. The number of fused-ring (bicyclic) bond motifs is 14. The van der Waals surface area contributed by atoms with Gasteiger partial charge in [0.1, 0.15) is 0 Å². The molecule has 0 radical (unpaired) electrons. The van der Waals surface area contributed by atoms with E-state index in [0.29, 0.717) is 0 Å². The SMILES string of the molecule is CC1(C)c2ccccc2N(c2ccc3c(c2)C2(c4ccccc4-c4ccccc42)c2ccccc2-3)c2c1sc1ccccc21. The minimum atomic E-state index is -0.358. The zero-order chi connectivity index (χ0) is 29.2. The summed E-state index contributed by atoms with van der Waals surface area (Å²) in [5.74, 6) is 0. The normalized spacial score (nSPS) is 15.8. The Morgan fingerprint density at radius 3 is 1.68 bits per heavy atom. The fraction of sp³-hybridized carbons (Fsp3) is 0.0952. The van der Waals surface area contributed by atoms with Gasteiger partial charge in [0.05, 0.1) is 16.8 Å². The summed E-state index contributed by atoms with van der Waals surface area (Å²) in [6, 6.07) is 52.4. The first-order valence-electron chi connectivity index (χ1n) is 15.5. The molecule has 6 aromatic carbocycles. The van der Waals surface area contributed by atoms with Crippen molar-refractivity contribution in [2.24, 2.45) is 0 Å². The van der Waals surface area contributed by atoms with E-state index < -0.39 is 0 Å². The van der Waals surface area contributed by atoms with Crippen LogP contribution >= 0.6 is 11.3 Å². The van der Waals surface area contributed by atoms with Crippen molar-refractivity contribution in [1.29, 1.82) is 0 Å². The average molecular weight is 580 g/mol. The Hall–Kier alpha value is -4.92. The molecule has 0 N–H and O–H groups in total. The summed E-state index contributed by atoms with van der Waals surface area (Å²) >= 11 is 1.94. The third-order valence-electron chi connectivity index (χ3n) is 10.4. The van der Waals surface area contributed by atoms with Gasteiger partial charge in [0.15, 0.2) is 0 Å². The molecule has 2 heteroatoms. The second kappa shape index (κ2) is 8.37. The van der Waals surface area contributed by atoms with Gasteiger partial charge in [0, 0.05) is 26.1 Å². The molecule has 3 aliphatic rings. The van der Waals surface area contributed by atoms with Gasteiger partial charge in [0.2, 0.25) is 0 Å². The lowest BCUT2D eigenvalue weighted by Crippen LogP contribution is -2.29. The van der Waals surface area contributed by atoms with E-state index in [0.717, 1.165) is 0 Å². The molecule has 0 fully saturated rings. The summed E-state index contributed by atoms with van der Waals surface area (Å²) in [4.78, 5) is 3.98. The molecular formula is C42H29NS. The topological polar surface area (TPSA) is 3.24 Å². The molecule has 10 rings (SSSR count). The molecule has 208 valence electrons. The maximum absolute atomic E-state index is 2.55. The Morgan fingerprint density at radius 2 is 1.02 bits per heavy atom. The summed E-state index contributed by atoms with van der Waals surface area (Å²) < 4.78 is 1.34. The van der Waals surface area contributed by atoms with E-state index in [1.807, 2.05) is 11.3 Å². The Balaban J connectivity index is 1.31. The lowest BCUT2D eigenvalue weighted by Gasteiger charge is -2.40. The molecule has 1 aromatic heterocycles. The van der Waals surface area contributed by atoms with Gasteiger partial charge in [-0.05, 0) is 74.3 Å². The number of para-hydroxylation sites is 1. The van der Waals surface area contributed by atoms with Crippen molar-refractivity contribution in [3.05, 3.63) is 172 Å². The third kappa shape index (κ3) is 2.81. The van der Waals surface area contributed by atoms with Crippen LogP contribution in [0.5, 0.6) is 0 Å². The first kappa shape index (κ1) is 24.5. The maximum atomic E-state index is 2.55. The van der Waals surface area contributed by atoms with Crippen molar-refractivity contribution in [2.45, 2.75) is 24.7 Å². The fourth-order valence-electron chi connectivity index (χ4n) is 8.61. The number of hydrogen-bond donors (Lipinski definition) is 0. The van der Waals surface area contributed by atoms with Crippen LogP contribution in [0.2, 0.25) is 0 Å². The van der Waals surface area contributed by atoms with Gasteiger partial charge >= 0.3 is 0 Å². The Kier molecular flexibility index (Phi) is 4.66. The van der Waals surface area contributed by atoms with Gasteiger partial charge in [-0.25, -0.2) is 0 Å². The summed E-state index contributed by atoms with van der Waals surface area (Å²) in [7, 11) is 0. The smallest absolute Gasteiger partial charge is 0.0726 e.